The van der Waals surface area contributed by atoms with E-state index >= 15 is 0 Å². The van der Waals surface area contributed by atoms with Gasteiger partial charge in [0.15, 0.2) is 9.84 Å². The maximum Gasteiger partial charge on any atom is 0.418 e. The molecule has 10 heteroatoms. The number of carbonyl (C=O) groups is 1. The zero-order chi connectivity index (χ0) is 27.8. The fourth-order valence-corrected chi connectivity index (χ4v) is 4.92. The normalized spacial score (nSPS) is 12.0. The molecule has 0 fully saturated rings. The first-order valence-corrected chi connectivity index (χ1v) is 13.4. The van der Waals surface area contributed by atoms with Crippen molar-refractivity contribution < 1.29 is 31.5 Å². The number of aliphatic hydroxyl groups is 1. The molecular formula is C28H25F3N2O4S. The third-order valence-electron chi connectivity index (χ3n) is 6.23. The number of hydrogen-bond donors (Lipinski definition) is 2. The van der Waals surface area contributed by atoms with E-state index in [0.717, 1.165) is 12.3 Å². The lowest BCUT2D eigenvalue weighted by molar-refractivity contribution is -0.137. The SMILES string of the molecule is Cc1cc(C(=O)Nc2ccc(S(C)(=O)=O)cc2)c(C)n1-c1ccc(-c2ccc(CO)cc2)cc1C(F)(F)F. The molecule has 0 saturated heterocycles. The fraction of sp³-hybridized carbons (Fsp3) is 0.179. The molecule has 198 valence electrons. The van der Waals surface area contributed by atoms with Crippen LogP contribution in [0.1, 0.15) is 32.9 Å². The van der Waals surface area contributed by atoms with E-state index < -0.39 is 27.5 Å². The summed E-state index contributed by atoms with van der Waals surface area (Å²) in [5, 5.41) is 11.9. The lowest BCUT2D eigenvalue weighted by Crippen LogP contribution is -2.15. The van der Waals surface area contributed by atoms with Gasteiger partial charge in [-0.2, -0.15) is 13.2 Å². The van der Waals surface area contributed by atoms with Gasteiger partial charge in [-0.15, -0.1) is 0 Å². The summed E-state index contributed by atoms with van der Waals surface area (Å²) >= 11 is 0. The molecule has 4 rings (SSSR count). The highest BCUT2D eigenvalue weighted by Gasteiger charge is 2.35. The smallest absolute Gasteiger partial charge is 0.392 e. The molecular weight excluding hydrogens is 517 g/mol. The Morgan fingerprint density at radius 1 is 0.921 bits per heavy atom. The lowest BCUT2D eigenvalue weighted by Gasteiger charge is -2.18. The molecule has 0 aliphatic carbocycles. The number of anilines is 1. The molecule has 4 aromatic rings. The first-order chi connectivity index (χ1) is 17.8. The van der Waals surface area contributed by atoms with Gasteiger partial charge < -0.3 is 15.0 Å². The van der Waals surface area contributed by atoms with Crippen LogP contribution in [-0.4, -0.2) is 30.3 Å². The summed E-state index contributed by atoms with van der Waals surface area (Å²) < 4.78 is 67.3. The highest BCUT2D eigenvalue weighted by atomic mass is 32.2. The highest BCUT2D eigenvalue weighted by molar-refractivity contribution is 7.90. The Hall–Kier alpha value is -3.89. The van der Waals surface area contributed by atoms with E-state index in [2.05, 4.69) is 5.32 Å². The Morgan fingerprint density at radius 2 is 1.53 bits per heavy atom. The van der Waals surface area contributed by atoms with Crippen LogP contribution in [0.3, 0.4) is 0 Å². The molecule has 1 aromatic heterocycles. The largest absolute Gasteiger partial charge is 0.418 e. The Labute approximate surface area is 218 Å². The summed E-state index contributed by atoms with van der Waals surface area (Å²) in [6, 6.07) is 17.8. The van der Waals surface area contributed by atoms with E-state index in [9.17, 15) is 31.5 Å². The van der Waals surface area contributed by atoms with Crippen molar-refractivity contribution in [1.82, 2.24) is 4.57 Å². The Balaban J connectivity index is 1.71. The number of hydrogen-bond acceptors (Lipinski definition) is 4. The van der Waals surface area contributed by atoms with Crippen molar-refractivity contribution in [2.24, 2.45) is 0 Å². The summed E-state index contributed by atoms with van der Waals surface area (Å²) in [6.07, 6.45) is -3.59. The second kappa shape index (κ2) is 10.1. The second-order valence-corrected chi connectivity index (χ2v) is 11.0. The number of benzene rings is 3. The van der Waals surface area contributed by atoms with Crippen molar-refractivity contribution >= 4 is 21.4 Å². The zero-order valence-corrected chi connectivity index (χ0v) is 21.6. The molecule has 0 saturated carbocycles. The highest BCUT2D eigenvalue weighted by Crippen LogP contribution is 2.38. The predicted octanol–water partition coefficient (Wildman–Crippen LogP) is 5.93. The van der Waals surface area contributed by atoms with Gasteiger partial charge in [-0.05, 0) is 73.0 Å². The molecule has 0 aliphatic heterocycles. The van der Waals surface area contributed by atoms with Crippen molar-refractivity contribution in [3.05, 3.63) is 101 Å². The maximum atomic E-state index is 14.2. The van der Waals surface area contributed by atoms with Crippen molar-refractivity contribution in [3.63, 3.8) is 0 Å². The van der Waals surface area contributed by atoms with E-state index in [0.29, 0.717) is 33.8 Å². The molecule has 3 aromatic carbocycles. The summed E-state index contributed by atoms with van der Waals surface area (Å²) in [4.78, 5) is 13.1. The van der Waals surface area contributed by atoms with Gasteiger partial charge in [0.25, 0.3) is 5.91 Å². The molecule has 1 heterocycles. The first kappa shape index (κ1) is 27.2. The summed E-state index contributed by atoms with van der Waals surface area (Å²) in [6.45, 7) is 3.02. The second-order valence-electron chi connectivity index (χ2n) is 8.96. The summed E-state index contributed by atoms with van der Waals surface area (Å²) in [5.74, 6) is -0.536. The average molecular weight is 543 g/mol. The van der Waals surface area contributed by atoms with Gasteiger partial charge in [-0.25, -0.2) is 8.42 Å². The van der Waals surface area contributed by atoms with Crippen LogP contribution in [0.25, 0.3) is 16.8 Å². The Morgan fingerprint density at radius 3 is 2.08 bits per heavy atom. The number of rotatable bonds is 6. The number of nitrogens with zero attached hydrogens (tertiary/aromatic N) is 1. The topological polar surface area (TPSA) is 88.4 Å². The van der Waals surface area contributed by atoms with Gasteiger partial charge in [0.2, 0.25) is 0 Å². The predicted molar refractivity (Wildman–Crippen MR) is 139 cm³/mol. The minimum Gasteiger partial charge on any atom is -0.392 e. The van der Waals surface area contributed by atoms with Gasteiger partial charge >= 0.3 is 6.18 Å². The van der Waals surface area contributed by atoms with E-state index in [4.69, 9.17) is 0 Å². The summed E-state index contributed by atoms with van der Waals surface area (Å²) in [5.41, 5.74) is 1.91. The number of nitrogens with one attached hydrogen (secondary N) is 1. The third-order valence-corrected chi connectivity index (χ3v) is 7.36. The molecule has 0 radical (unpaired) electrons. The van der Waals surface area contributed by atoms with Crippen LogP contribution in [-0.2, 0) is 22.6 Å². The van der Waals surface area contributed by atoms with Gasteiger partial charge in [0, 0.05) is 23.3 Å². The average Bonchev–Trinajstić information content (AvgIpc) is 3.16. The van der Waals surface area contributed by atoms with Gasteiger partial charge in [-0.3, -0.25) is 4.79 Å². The molecule has 0 spiro atoms. The van der Waals surface area contributed by atoms with Crippen molar-refractivity contribution in [1.29, 1.82) is 0 Å². The Kier molecular flexibility index (Phi) is 7.22. The fourth-order valence-electron chi connectivity index (χ4n) is 4.29. The number of carbonyl (C=O) groups excluding carboxylic acids is 1. The van der Waals surface area contributed by atoms with Crippen LogP contribution in [0.2, 0.25) is 0 Å². The Bertz CT molecular complexity index is 1610. The number of sulfone groups is 1. The number of aliphatic hydroxyl groups excluding tert-OH is 1. The minimum atomic E-state index is -4.66. The van der Waals surface area contributed by atoms with E-state index in [1.807, 2.05) is 0 Å². The number of amides is 1. The lowest BCUT2D eigenvalue weighted by atomic mass is 10.00. The van der Waals surface area contributed by atoms with E-state index in [-0.39, 0.29) is 22.8 Å². The zero-order valence-electron chi connectivity index (χ0n) is 20.8. The third kappa shape index (κ3) is 5.51. The number of aryl methyl sites for hydroxylation is 1. The number of halogens is 3. The van der Waals surface area contributed by atoms with Crippen molar-refractivity contribution in [2.45, 2.75) is 31.5 Å². The molecule has 6 nitrogen and oxygen atoms in total. The van der Waals surface area contributed by atoms with E-state index in [1.54, 1.807) is 44.2 Å². The monoisotopic (exact) mass is 542 g/mol. The molecule has 1 amide bonds. The number of aromatic nitrogens is 1. The van der Waals surface area contributed by atoms with Crippen LogP contribution in [0.5, 0.6) is 0 Å². The van der Waals surface area contributed by atoms with Crippen molar-refractivity contribution in [2.75, 3.05) is 11.6 Å². The molecule has 0 aliphatic rings. The molecule has 0 bridgehead atoms. The molecule has 0 unspecified atom stereocenters. The quantitative estimate of drug-likeness (QED) is 0.316. The van der Waals surface area contributed by atoms with Crippen LogP contribution in [0.4, 0.5) is 18.9 Å². The molecule has 0 atom stereocenters. The van der Waals surface area contributed by atoms with Crippen LogP contribution < -0.4 is 5.32 Å². The van der Waals surface area contributed by atoms with E-state index in [1.165, 1.54) is 41.0 Å². The molecule has 38 heavy (non-hydrogen) atoms. The van der Waals surface area contributed by atoms with Crippen LogP contribution >= 0.6 is 0 Å². The minimum absolute atomic E-state index is 0.0983. The van der Waals surface area contributed by atoms with Crippen LogP contribution in [0.15, 0.2) is 77.7 Å². The maximum absolute atomic E-state index is 14.2. The standard InChI is InChI=1S/C28H25F3N2O4S/c1-17-14-24(27(35)32-22-9-11-23(12-10-22)38(3,36)37)18(2)33(17)26-13-8-21(15-25(26)28(29,30)31)20-6-4-19(16-34)5-7-20/h4-15,34H,16H2,1-3H3,(H,32,35). The van der Waals surface area contributed by atoms with Gasteiger partial charge in [0.1, 0.15) is 0 Å². The van der Waals surface area contributed by atoms with Crippen molar-refractivity contribution in [3.8, 4) is 16.8 Å². The van der Waals surface area contributed by atoms with Gasteiger partial charge in [-0.1, -0.05) is 30.3 Å². The number of alkyl halides is 3. The van der Waals surface area contributed by atoms with Gasteiger partial charge in [0.05, 0.1) is 28.3 Å². The first-order valence-electron chi connectivity index (χ1n) is 11.5. The summed E-state index contributed by atoms with van der Waals surface area (Å²) in [7, 11) is -3.40. The van der Waals surface area contributed by atoms with Crippen LogP contribution in [0, 0.1) is 13.8 Å². The molecule has 2 N–H and O–H groups in total.